The maximum atomic E-state index is 13.4. The number of rotatable bonds is 7. The molecule has 1 aromatic heterocycles. The van der Waals surface area contributed by atoms with E-state index in [4.69, 9.17) is 4.74 Å². The van der Waals surface area contributed by atoms with E-state index in [0.717, 1.165) is 64.3 Å². The van der Waals surface area contributed by atoms with Gasteiger partial charge >= 0.3 is 5.97 Å². The molecule has 35 heavy (non-hydrogen) atoms. The second kappa shape index (κ2) is 9.94. The summed E-state index contributed by atoms with van der Waals surface area (Å²) in [5.41, 5.74) is 6.35. The fraction of sp³-hybridized carbons (Fsp3) is 0.379. The predicted octanol–water partition coefficient (Wildman–Crippen LogP) is 6.08. The van der Waals surface area contributed by atoms with Gasteiger partial charge in [-0.2, -0.15) is 11.8 Å². The molecular weight excluding hydrogens is 456 g/mol. The first-order valence-electron chi connectivity index (χ1n) is 12.5. The lowest BCUT2D eigenvalue weighted by Crippen LogP contribution is -2.34. The minimum Gasteiger partial charge on any atom is -0.461 e. The molecule has 1 aliphatic carbocycles. The van der Waals surface area contributed by atoms with E-state index in [0.29, 0.717) is 18.6 Å². The highest BCUT2D eigenvalue weighted by atomic mass is 32.2. The van der Waals surface area contributed by atoms with Gasteiger partial charge in [-0.1, -0.05) is 31.2 Å². The molecule has 182 valence electrons. The third-order valence-corrected chi connectivity index (χ3v) is 7.97. The molecule has 1 atom stereocenters. The third kappa shape index (κ3) is 4.18. The van der Waals surface area contributed by atoms with Crippen molar-refractivity contribution in [2.75, 3.05) is 18.1 Å². The number of dihydropyridines is 1. The molecule has 0 unspecified atom stereocenters. The highest BCUT2D eigenvalue weighted by Gasteiger charge is 2.39. The number of hydrogen-bond donors (Lipinski definition) is 1. The van der Waals surface area contributed by atoms with Crippen LogP contribution >= 0.6 is 11.8 Å². The van der Waals surface area contributed by atoms with E-state index >= 15 is 0 Å². The highest BCUT2D eigenvalue weighted by molar-refractivity contribution is 7.99. The van der Waals surface area contributed by atoms with Crippen LogP contribution in [0.1, 0.15) is 51.5 Å². The number of para-hydroxylation sites is 1. The topological polar surface area (TPSA) is 60.3 Å². The highest BCUT2D eigenvalue weighted by Crippen LogP contribution is 2.44. The Morgan fingerprint density at radius 2 is 1.91 bits per heavy atom. The summed E-state index contributed by atoms with van der Waals surface area (Å²) in [7, 11) is 0. The fourth-order valence-electron chi connectivity index (χ4n) is 5.59. The number of nitrogens with one attached hydrogen (secondary N) is 1. The van der Waals surface area contributed by atoms with Crippen LogP contribution in [0.25, 0.3) is 21.8 Å². The number of ether oxygens (including phenoxy) is 1. The Kier molecular flexibility index (Phi) is 6.74. The van der Waals surface area contributed by atoms with Crippen molar-refractivity contribution in [1.29, 1.82) is 0 Å². The second-order valence-corrected chi connectivity index (χ2v) is 10.5. The first-order chi connectivity index (χ1) is 17.0. The Balaban J connectivity index is 1.65. The van der Waals surface area contributed by atoms with Crippen LogP contribution in [0.3, 0.4) is 0 Å². The van der Waals surface area contributed by atoms with Gasteiger partial charge in [0.25, 0.3) is 0 Å². The predicted molar refractivity (Wildman–Crippen MR) is 144 cm³/mol. The van der Waals surface area contributed by atoms with E-state index in [2.05, 4.69) is 66.2 Å². The number of fused-ring (bicyclic) bond motifs is 3. The van der Waals surface area contributed by atoms with Crippen molar-refractivity contribution in [1.82, 2.24) is 9.88 Å². The minimum atomic E-state index is -0.418. The van der Waals surface area contributed by atoms with Gasteiger partial charge in [0.2, 0.25) is 0 Å². The molecule has 0 bridgehead atoms. The first-order valence-corrected chi connectivity index (χ1v) is 13.7. The van der Waals surface area contributed by atoms with Crippen molar-refractivity contribution >= 4 is 45.3 Å². The van der Waals surface area contributed by atoms with Gasteiger partial charge in [-0.15, -0.1) is 0 Å². The van der Waals surface area contributed by atoms with Gasteiger partial charge in [-0.05, 0) is 56.2 Å². The standard InChI is InChI=1S/C29H32N2O3S/c1-4-31-23-11-7-6-9-20(23)21-17-19(13-14-24(21)31)27-26(29(33)34-15-16-35-5-2)18(3)30-22-10-8-12-25(32)28(22)27/h6-7,9,11,13-14,17,27,30H,4-5,8,10,12,15-16H2,1-3H3/t27-/m1/s1. The van der Waals surface area contributed by atoms with Crippen LogP contribution in [-0.2, 0) is 20.9 Å². The number of aromatic nitrogens is 1. The molecule has 0 radical (unpaired) electrons. The Labute approximate surface area is 210 Å². The van der Waals surface area contributed by atoms with Gasteiger partial charge < -0.3 is 14.6 Å². The molecule has 0 fully saturated rings. The van der Waals surface area contributed by atoms with Crippen LogP contribution in [0.15, 0.2) is 65.0 Å². The van der Waals surface area contributed by atoms with Crippen LogP contribution in [-0.4, -0.2) is 34.4 Å². The lowest BCUT2D eigenvalue weighted by Gasteiger charge is -2.34. The number of carbonyl (C=O) groups is 2. The summed E-state index contributed by atoms with van der Waals surface area (Å²) in [4.78, 5) is 26.6. The number of Topliss-reactive ketones (excluding diaryl/α,β-unsaturated/α-hetero) is 1. The zero-order valence-electron chi connectivity index (χ0n) is 20.6. The molecule has 5 rings (SSSR count). The minimum absolute atomic E-state index is 0.124. The Morgan fingerprint density at radius 1 is 1.11 bits per heavy atom. The third-order valence-electron chi connectivity index (χ3n) is 7.11. The van der Waals surface area contributed by atoms with Crippen molar-refractivity contribution in [2.45, 2.75) is 52.5 Å². The molecule has 5 nitrogen and oxygen atoms in total. The monoisotopic (exact) mass is 488 g/mol. The van der Waals surface area contributed by atoms with Gasteiger partial charge in [0.05, 0.1) is 5.57 Å². The second-order valence-electron chi connectivity index (χ2n) is 9.14. The van der Waals surface area contributed by atoms with E-state index < -0.39 is 5.92 Å². The van der Waals surface area contributed by atoms with Crippen LogP contribution in [0.5, 0.6) is 0 Å². The van der Waals surface area contributed by atoms with Gasteiger partial charge in [0.1, 0.15) is 6.61 Å². The zero-order chi connectivity index (χ0) is 24.5. The number of allylic oxidation sites excluding steroid dienone is 3. The maximum absolute atomic E-state index is 13.4. The van der Waals surface area contributed by atoms with Crippen molar-refractivity contribution in [3.05, 3.63) is 70.6 Å². The summed E-state index contributed by atoms with van der Waals surface area (Å²) in [6.07, 6.45) is 2.17. The van der Waals surface area contributed by atoms with E-state index in [1.165, 1.54) is 10.9 Å². The molecule has 1 N–H and O–H groups in total. The SMILES string of the molecule is CCSCCOC(=O)C1=C(C)NC2=C(C(=O)CCC2)[C@@H]1c1ccc2c(c1)c1ccccc1n2CC. The molecule has 0 amide bonds. The van der Waals surface area contributed by atoms with Gasteiger partial charge in [-0.25, -0.2) is 4.79 Å². The van der Waals surface area contributed by atoms with Crippen molar-refractivity contribution < 1.29 is 14.3 Å². The van der Waals surface area contributed by atoms with E-state index in [9.17, 15) is 9.59 Å². The number of aryl methyl sites for hydroxylation is 1. The molecule has 0 saturated heterocycles. The molecule has 6 heteroatoms. The molecular formula is C29H32N2O3S. The van der Waals surface area contributed by atoms with Gasteiger partial charge in [0, 0.05) is 63.4 Å². The normalized spacial score (nSPS) is 18.3. The van der Waals surface area contributed by atoms with Crippen LogP contribution in [0, 0.1) is 0 Å². The fourth-order valence-corrected chi connectivity index (χ4v) is 6.08. The number of benzene rings is 2. The molecule has 1 aliphatic heterocycles. The largest absolute Gasteiger partial charge is 0.461 e. The Bertz CT molecular complexity index is 1380. The number of ketones is 1. The van der Waals surface area contributed by atoms with E-state index in [-0.39, 0.29) is 11.8 Å². The number of carbonyl (C=O) groups excluding carboxylic acids is 2. The lowest BCUT2D eigenvalue weighted by atomic mass is 9.75. The van der Waals surface area contributed by atoms with Crippen LogP contribution < -0.4 is 5.32 Å². The van der Waals surface area contributed by atoms with Crippen molar-refractivity contribution in [3.8, 4) is 0 Å². The number of hydrogen-bond acceptors (Lipinski definition) is 5. The Hall–Kier alpha value is -2.99. The summed E-state index contributed by atoms with van der Waals surface area (Å²) < 4.78 is 8.02. The maximum Gasteiger partial charge on any atom is 0.336 e. The molecule has 2 aromatic carbocycles. The molecule has 0 saturated carbocycles. The van der Waals surface area contributed by atoms with Gasteiger partial charge in [0.15, 0.2) is 5.78 Å². The summed E-state index contributed by atoms with van der Waals surface area (Å²) in [5.74, 6) is 1.12. The average molecular weight is 489 g/mol. The quantitative estimate of drug-likeness (QED) is 0.323. The van der Waals surface area contributed by atoms with Crippen LogP contribution in [0.4, 0.5) is 0 Å². The van der Waals surface area contributed by atoms with E-state index in [1.807, 2.05) is 6.92 Å². The van der Waals surface area contributed by atoms with Crippen molar-refractivity contribution in [3.63, 3.8) is 0 Å². The molecule has 3 aromatic rings. The molecule has 2 heterocycles. The summed E-state index contributed by atoms with van der Waals surface area (Å²) in [6.45, 7) is 7.41. The van der Waals surface area contributed by atoms with E-state index in [1.54, 1.807) is 11.8 Å². The molecule has 0 spiro atoms. The average Bonchev–Trinajstić information content (AvgIpc) is 3.18. The number of nitrogens with zero attached hydrogens (tertiary/aromatic N) is 1. The number of thioether (sulfide) groups is 1. The zero-order valence-corrected chi connectivity index (χ0v) is 21.5. The Morgan fingerprint density at radius 3 is 2.71 bits per heavy atom. The van der Waals surface area contributed by atoms with Crippen molar-refractivity contribution in [2.24, 2.45) is 0 Å². The smallest absolute Gasteiger partial charge is 0.336 e. The lowest BCUT2D eigenvalue weighted by molar-refractivity contribution is -0.138. The number of esters is 1. The summed E-state index contributed by atoms with van der Waals surface area (Å²) >= 11 is 1.75. The van der Waals surface area contributed by atoms with Crippen LogP contribution in [0.2, 0.25) is 0 Å². The summed E-state index contributed by atoms with van der Waals surface area (Å²) in [5, 5.41) is 5.72. The first kappa shape index (κ1) is 23.7. The molecule has 2 aliphatic rings. The summed E-state index contributed by atoms with van der Waals surface area (Å²) in [6, 6.07) is 14.8. The van der Waals surface area contributed by atoms with Gasteiger partial charge in [-0.3, -0.25) is 4.79 Å².